The van der Waals surface area contributed by atoms with Crippen LogP contribution in [0.3, 0.4) is 0 Å². The van der Waals surface area contributed by atoms with Crippen LogP contribution in [0.2, 0.25) is 0 Å². The normalized spacial score (nSPS) is 7.95. The Labute approximate surface area is 119 Å². The fraction of sp³-hybridized carbons (Fsp3) is 0.471. The van der Waals surface area contributed by atoms with Crippen LogP contribution in [0.15, 0.2) is 42.9 Å². The minimum absolute atomic E-state index is 0.909. The molecule has 0 bridgehead atoms. The molecule has 2 heteroatoms. The fourth-order valence-corrected chi connectivity index (χ4v) is 1.33. The standard InChI is InChI=1S/C11H12N2.3C2H6/c1-10-7-12-9-13(10)8-11-5-3-2-4-6-11;3*1-2/h2-7,9H,8H2,1H3;3*1-2H3. The van der Waals surface area contributed by atoms with Gasteiger partial charge >= 0.3 is 0 Å². The molecule has 0 saturated carbocycles. The highest BCUT2D eigenvalue weighted by molar-refractivity contribution is 5.15. The quantitative estimate of drug-likeness (QED) is 0.716. The predicted molar refractivity (Wildman–Crippen MR) is 86.6 cm³/mol. The highest BCUT2D eigenvalue weighted by Crippen LogP contribution is 2.04. The summed E-state index contributed by atoms with van der Waals surface area (Å²) >= 11 is 0. The molecule has 2 rings (SSSR count). The number of imidazole rings is 1. The summed E-state index contributed by atoms with van der Waals surface area (Å²) in [5.41, 5.74) is 2.51. The van der Waals surface area contributed by atoms with E-state index in [4.69, 9.17) is 0 Å². The van der Waals surface area contributed by atoms with Crippen LogP contribution in [0.5, 0.6) is 0 Å². The van der Waals surface area contributed by atoms with Crippen LogP contribution < -0.4 is 0 Å². The lowest BCUT2D eigenvalue weighted by Gasteiger charge is -2.04. The van der Waals surface area contributed by atoms with Gasteiger partial charge in [0.15, 0.2) is 0 Å². The third-order valence-electron chi connectivity index (χ3n) is 2.12. The van der Waals surface area contributed by atoms with E-state index < -0.39 is 0 Å². The predicted octanol–water partition coefficient (Wildman–Crippen LogP) is 5.32. The second-order valence-electron chi connectivity index (χ2n) is 3.15. The lowest BCUT2D eigenvalue weighted by atomic mass is 10.2. The number of aryl methyl sites for hydroxylation is 1. The lowest BCUT2D eigenvalue weighted by Crippen LogP contribution is -1.99. The first kappa shape index (κ1) is 19.8. The fourth-order valence-electron chi connectivity index (χ4n) is 1.33. The van der Waals surface area contributed by atoms with Gasteiger partial charge in [0.1, 0.15) is 0 Å². The van der Waals surface area contributed by atoms with Crippen molar-refractivity contribution in [3.63, 3.8) is 0 Å². The van der Waals surface area contributed by atoms with Crippen LogP contribution in [0, 0.1) is 6.92 Å². The SMILES string of the molecule is CC.CC.CC.Cc1cncn1Cc1ccccc1. The monoisotopic (exact) mass is 262 g/mol. The zero-order valence-corrected chi connectivity index (χ0v) is 13.6. The zero-order valence-electron chi connectivity index (χ0n) is 13.6. The van der Waals surface area contributed by atoms with Crippen molar-refractivity contribution < 1.29 is 0 Å². The van der Waals surface area contributed by atoms with Gasteiger partial charge in [-0.1, -0.05) is 71.9 Å². The molecule has 19 heavy (non-hydrogen) atoms. The van der Waals surface area contributed by atoms with Gasteiger partial charge < -0.3 is 4.57 Å². The second kappa shape index (κ2) is 14.5. The summed E-state index contributed by atoms with van der Waals surface area (Å²) in [7, 11) is 0. The van der Waals surface area contributed by atoms with Gasteiger partial charge in [0, 0.05) is 18.4 Å². The number of hydrogen-bond acceptors (Lipinski definition) is 1. The molecular formula is C17H30N2. The molecular weight excluding hydrogens is 232 g/mol. The maximum Gasteiger partial charge on any atom is 0.0951 e. The maximum absolute atomic E-state index is 4.08. The molecule has 1 aromatic heterocycles. The summed E-state index contributed by atoms with van der Waals surface area (Å²) < 4.78 is 2.13. The Balaban J connectivity index is 0. The van der Waals surface area contributed by atoms with Crippen LogP contribution >= 0.6 is 0 Å². The van der Waals surface area contributed by atoms with Gasteiger partial charge in [0.25, 0.3) is 0 Å². The third kappa shape index (κ3) is 8.20. The molecule has 0 aliphatic rings. The van der Waals surface area contributed by atoms with Crippen LogP contribution in [-0.4, -0.2) is 9.55 Å². The van der Waals surface area contributed by atoms with E-state index in [-0.39, 0.29) is 0 Å². The van der Waals surface area contributed by atoms with Crippen LogP contribution in [0.1, 0.15) is 52.8 Å². The van der Waals surface area contributed by atoms with E-state index in [9.17, 15) is 0 Å². The molecule has 1 heterocycles. The molecule has 0 radical (unpaired) electrons. The van der Waals surface area contributed by atoms with E-state index in [1.54, 1.807) is 0 Å². The zero-order chi connectivity index (χ0) is 15.1. The third-order valence-corrected chi connectivity index (χ3v) is 2.12. The smallest absolute Gasteiger partial charge is 0.0951 e. The molecule has 0 aliphatic heterocycles. The second-order valence-corrected chi connectivity index (χ2v) is 3.15. The summed E-state index contributed by atoms with van der Waals surface area (Å²) in [6.07, 6.45) is 3.74. The molecule has 1 aromatic carbocycles. The van der Waals surface area contributed by atoms with E-state index in [0.717, 1.165) is 6.54 Å². The van der Waals surface area contributed by atoms with Gasteiger partial charge in [0.05, 0.1) is 6.33 Å². The summed E-state index contributed by atoms with van der Waals surface area (Å²) in [4.78, 5) is 4.08. The van der Waals surface area contributed by atoms with Crippen LogP contribution in [0.25, 0.3) is 0 Å². The topological polar surface area (TPSA) is 17.8 Å². The van der Waals surface area contributed by atoms with E-state index in [1.807, 2.05) is 60.1 Å². The van der Waals surface area contributed by atoms with Crippen molar-refractivity contribution in [2.75, 3.05) is 0 Å². The average Bonchev–Trinajstić information content (AvgIpc) is 2.92. The maximum atomic E-state index is 4.08. The highest BCUT2D eigenvalue weighted by atomic mass is 15.0. The molecule has 0 fully saturated rings. The molecule has 0 aliphatic carbocycles. The molecule has 0 N–H and O–H groups in total. The number of nitrogens with zero attached hydrogens (tertiary/aromatic N) is 2. The first-order valence-electron chi connectivity index (χ1n) is 7.37. The number of aromatic nitrogens is 2. The van der Waals surface area contributed by atoms with Crippen molar-refractivity contribution >= 4 is 0 Å². The van der Waals surface area contributed by atoms with Gasteiger partial charge in [-0.05, 0) is 12.5 Å². The van der Waals surface area contributed by atoms with Crippen LogP contribution in [-0.2, 0) is 6.54 Å². The Morgan fingerprint density at radius 3 is 1.84 bits per heavy atom. The van der Waals surface area contributed by atoms with Crippen molar-refractivity contribution in [3.8, 4) is 0 Å². The van der Waals surface area contributed by atoms with Gasteiger partial charge in [-0.25, -0.2) is 4.98 Å². The number of benzene rings is 1. The van der Waals surface area contributed by atoms with Crippen molar-refractivity contribution in [1.29, 1.82) is 0 Å². The van der Waals surface area contributed by atoms with E-state index >= 15 is 0 Å². The summed E-state index contributed by atoms with van der Waals surface area (Å²) in [5, 5.41) is 0. The number of rotatable bonds is 2. The largest absolute Gasteiger partial charge is 0.330 e. The van der Waals surface area contributed by atoms with E-state index in [1.165, 1.54) is 11.3 Å². The Morgan fingerprint density at radius 2 is 1.42 bits per heavy atom. The molecule has 2 nitrogen and oxygen atoms in total. The summed E-state index contributed by atoms with van der Waals surface area (Å²) in [6, 6.07) is 10.4. The summed E-state index contributed by atoms with van der Waals surface area (Å²) in [5.74, 6) is 0. The Kier molecular flexibility index (Phi) is 15.1. The molecule has 108 valence electrons. The van der Waals surface area contributed by atoms with Gasteiger partial charge in [-0.2, -0.15) is 0 Å². The first-order chi connectivity index (χ1) is 9.36. The van der Waals surface area contributed by atoms with E-state index in [2.05, 4.69) is 40.7 Å². The molecule has 0 amide bonds. The highest BCUT2D eigenvalue weighted by Gasteiger charge is 1.96. The van der Waals surface area contributed by atoms with Crippen molar-refractivity contribution in [2.45, 2.75) is 55.0 Å². The van der Waals surface area contributed by atoms with Gasteiger partial charge in [0.2, 0.25) is 0 Å². The van der Waals surface area contributed by atoms with Crippen molar-refractivity contribution in [1.82, 2.24) is 9.55 Å². The van der Waals surface area contributed by atoms with Crippen molar-refractivity contribution in [3.05, 3.63) is 54.1 Å². The molecule has 0 atom stereocenters. The van der Waals surface area contributed by atoms with Gasteiger partial charge in [-0.15, -0.1) is 0 Å². The van der Waals surface area contributed by atoms with Gasteiger partial charge in [-0.3, -0.25) is 0 Å². The van der Waals surface area contributed by atoms with E-state index in [0.29, 0.717) is 0 Å². The first-order valence-corrected chi connectivity index (χ1v) is 7.37. The minimum atomic E-state index is 0.909. The molecule has 2 aromatic rings. The lowest BCUT2D eigenvalue weighted by molar-refractivity contribution is 0.770. The molecule has 0 spiro atoms. The average molecular weight is 262 g/mol. The summed E-state index contributed by atoms with van der Waals surface area (Å²) in [6.45, 7) is 15.0. The Bertz CT molecular complexity index is 377. The number of hydrogen-bond donors (Lipinski definition) is 0. The Hall–Kier alpha value is -1.57. The minimum Gasteiger partial charge on any atom is -0.330 e. The molecule has 0 unspecified atom stereocenters. The Morgan fingerprint density at radius 1 is 0.895 bits per heavy atom. The molecule has 0 saturated heterocycles. The van der Waals surface area contributed by atoms with Crippen molar-refractivity contribution in [2.24, 2.45) is 0 Å². The van der Waals surface area contributed by atoms with Crippen LogP contribution in [0.4, 0.5) is 0 Å².